The largest absolute Gasteiger partial charge is 0.459 e. The van der Waals surface area contributed by atoms with Crippen molar-refractivity contribution in [2.75, 3.05) is 36.1 Å². The summed E-state index contributed by atoms with van der Waals surface area (Å²) in [7, 11) is 0. The number of nitrogen functional groups attached to an aromatic ring is 4. The normalized spacial score (nSPS) is 17.3. The SMILES string of the molecule is C=CCCCCCCOC1CCC(OC(=O)c2ccc(/C=C/C(=O)OCc3ccc(N)cc3N)cc2)CC1.C=CCCCCCOC1CCC(OC(=O)c2ccc(/C=C/C(=O)OCc3ccc(N)cc3N)cc2)CC1. The van der Waals surface area contributed by atoms with E-state index >= 15 is 0 Å². The lowest BCUT2D eigenvalue weighted by Gasteiger charge is -2.28. The van der Waals surface area contributed by atoms with Gasteiger partial charge in [0.2, 0.25) is 0 Å². The van der Waals surface area contributed by atoms with Crippen molar-refractivity contribution in [2.24, 2.45) is 0 Å². The van der Waals surface area contributed by atoms with Crippen molar-refractivity contribution >= 4 is 58.8 Å². The first-order valence-electron chi connectivity index (χ1n) is 26.4. The summed E-state index contributed by atoms with van der Waals surface area (Å²) in [5, 5.41) is 0. The first kappa shape index (κ1) is 58.7. The molecule has 0 unspecified atom stereocenters. The Hall–Kier alpha value is -7.16. The number of nitrogens with two attached hydrogens (primary N) is 4. The Morgan fingerprint density at radius 3 is 1.20 bits per heavy atom. The molecule has 2 fully saturated rings. The van der Waals surface area contributed by atoms with Gasteiger partial charge in [-0.1, -0.05) is 67.8 Å². The summed E-state index contributed by atoms with van der Waals surface area (Å²) in [4.78, 5) is 49.2. The number of rotatable bonds is 27. The van der Waals surface area contributed by atoms with E-state index in [1.165, 1.54) is 37.8 Å². The number of anilines is 4. The van der Waals surface area contributed by atoms with E-state index < -0.39 is 11.9 Å². The molecule has 2 aliphatic carbocycles. The van der Waals surface area contributed by atoms with E-state index in [0.717, 1.165) is 108 Å². The summed E-state index contributed by atoms with van der Waals surface area (Å²) in [5.74, 6) is -1.65. The molecule has 0 amide bonds. The van der Waals surface area contributed by atoms with Crippen molar-refractivity contribution in [1.82, 2.24) is 0 Å². The summed E-state index contributed by atoms with van der Waals surface area (Å²) >= 11 is 0. The van der Waals surface area contributed by atoms with Crippen molar-refractivity contribution in [3.63, 3.8) is 0 Å². The molecule has 8 N–H and O–H groups in total. The summed E-state index contributed by atoms with van der Waals surface area (Å²) in [6.45, 7) is 9.21. The third-order valence-corrected chi connectivity index (χ3v) is 13.0. The Morgan fingerprint density at radius 2 is 0.827 bits per heavy atom. The maximum atomic E-state index is 12.6. The van der Waals surface area contributed by atoms with Gasteiger partial charge in [-0.05, 0) is 162 Å². The van der Waals surface area contributed by atoms with E-state index in [1.807, 2.05) is 12.2 Å². The van der Waals surface area contributed by atoms with Crippen molar-refractivity contribution < 1.29 is 47.6 Å². The monoisotopic (exact) mass is 1030 g/mol. The lowest BCUT2D eigenvalue weighted by molar-refractivity contribution is -0.139. The second kappa shape index (κ2) is 32.9. The molecule has 0 radical (unpaired) electrons. The maximum absolute atomic E-state index is 12.6. The molecule has 2 saturated carbocycles. The van der Waals surface area contributed by atoms with Gasteiger partial charge >= 0.3 is 23.9 Å². The molecule has 0 saturated heterocycles. The number of benzene rings is 4. The average Bonchev–Trinajstić information content (AvgIpc) is 3.41. The molecular weight excluding hydrogens is 949 g/mol. The van der Waals surface area contributed by atoms with Crippen LogP contribution in [0.2, 0.25) is 0 Å². The van der Waals surface area contributed by atoms with E-state index in [1.54, 1.807) is 97.1 Å². The minimum atomic E-state index is -0.494. The van der Waals surface area contributed by atoms with Crippen molar-refractivity contribution in [3.8, 4) is 0 Å². The molecule has 2 aliphatic rings. The van der Waals surface area contributed by atoms with Gasteiger partial charge in [0.25, 0.3) is 0 Å². The van der Waals surface area contributed by atoms with Crippen LogP contribution in [-0.4, -0.2) is 61.5 Å². The fourth-order valence-electron chi connectivity index (χ4n) is 8.56. The van der Waals surface area contributed by atoms with Gasteiger partial charge in [-0.25, -0.2) is 19.2 Å². The van der Waals surface area contributed by atoms with Crippen LogP contribution < -0.4 is 22.9 Å². The van der Waals surface area contributed by atoms with Crippen molar-refractivity contribution in [2.45, 2.75) is 147 Å². The lowest BCUT2D eigenvalue weighted by Crippen LogP contribution is -2.28. The highest BCUT2D eigenvalue weighted by Gasteiger charge is 2.26. The van der Waals surface area contributed by atoms with E-state index in [0.29, 0.717) is 45.0 Å². The second-order valence-electron chi connectivity index (χ2n) is 19.0. The third-order valence-electron chi connectivity index (χ3n) is 13.0. The van der Waals surface area contributed by atoms with Crippen LogP contribution in [0.5, 0.6) is 0 Å². The van der Waals surface area contributed by atoms with Gasteiger partial charge < -0.3 is 51.4 Å². The molecule has 0 spiro atoms. The first-order chi connectivity index (χ1) is 36.4. The van der Waals surface area contributed by atoms with Crippen LogP contribution in [0.15, 0.2) is 122 Å². The van der Waals surface area contributed by atoms with Crippen LogP contribution in [0.25, 0.3) is 12.2 Å². The number of carbonyl (C=O) groups is 4. The molecule has 0 atom stereocenters. The summed E-state index contributed by atoms with van der Waals surface area (Å²) in [6.07, 6.45) is 27.4. The fraction of sp³-hybridized carbons (Fsp3) is 0.410. The minimum Gasteiger partial charge on any atom is -0.459 e. The van der Waals surface area contributed by atoms with Crippen LogP contribution in [-0.2, 0) is 51.2 Å². The Labute approximate surface area is 443 Å². The Bertz CT molecular complexity index is 2470. The van der Waals surface area contributed by atoms with Crippen LogP contribution >= 0.6 is 0 Å². The predicted molar refractivity (Wildman–Crippen MR) is 298 cm³/mol. The molecule has 75 heavy (non-hydrogen) atoms. The molecule has 0 heterocycles. The average molecular weight is 1030 g/mol. The van der Waals surface area contributed by atoms with E-state index in [-0.39, 0.29) is 49.6 Å². The van der Waals surface area contributed by atoms with Gasteiger partial charge in [-0.2, -0.15) is 0 Å². The number of esters is 4. The minimum absolute atomic E-state index is 0.0597. The number of hydrogen-bond donors (Lipinski definition) is 4. The third kappa shape index (κ3) is 22.5. The predicted octanol–water partition coefficient (Wildman–Crippen LogP) is 12.1. The Balaban J connectivity index is 0.000000277. The van der Waals surface area contributed by atoms with Gasteiger partial charge in [0.05, 0.1) is 23.3 Å². The topological polar surface area (TPSA) is 228 Å². The van der Waals surface area contributed by atoms with E-state index in [4.69, 9.17) is 51.4 Å². The summed E-state index contributed by atoms with van der Waals surface area (Å²) in [5.41, 5.74) is 29.0. The highest BCUT2D eigenvalue weighted by atomic mass is 16.6. The molecule has 6 rings (SSSR count). The molecular formula is C61H78N4O10. The maximum Gasteiger partial charge on any atom is 0.338 e. The number of unbranched alkanes of at least 4 members (excludes halogenated alkanes) is 7. The standard InChI is InChI=1S/C31H40N2O5.C30H38N2O5/c1-2-3-4-5-6-7-20-36-27-15-17-28(18-16-27)38-31(35)24-11-8-23(9-12-24)10-19-30(34)37-22-25-13-14-26(32)21-29(25)33;1-2-3-4-5-6-19-35-26-14-16-27(17-15-26)37-30(34)23-10-7-22(8-11-23)9-18-29(33)36-21-24-12-13-25(31)20-28(24)32/h2,8-14,19,21,27-28H,1,3-7,15-18,20,22,32-33H2;2,7-13,18,20,26-27H,1,3-6,14-17,19,21,31-32H2/b19-10+;18-9+. The number of carbonyl (C=O) groups excluding carboxylic acids is 4. The van der Waals surface area contributed by atoms with Gasteiger partial charge in [0, 0.05) is 59.2 Å². The van der Waals surface area contributed by atoms with Gasteiger partial charge in [0.15, 0.2) is 0 Å². The second-order valence-corrected chi connectivity index (χ2v) is 19.0. The number of allylic oxidation sites excluding steroid dienone is 2. The highest BCUT2D eigenvalue weighted by molar-refractivity contribution is 5.91. The molecule has 4 aromatic carbocycles. The zero-order valence-corrected chi connectivity index (χ0v) is 43.5. The Morgan fingerprint density at radius 1 is 0.467 bits per heavy atom. The van der Waals surface area contributed by atoms with Crippen molar-refractivity contribution in [1.29, 1.82) is 0 Å². The molecule has 4 aromatic rings. The summed E-state index contributed by atoms with van der Waals surface area (Å²) < 4.78 is 33.9. The van der Waals surface area contributed by atoms with Crippen LogP contribution in [0.3, 0.4) is 0 Å². The lowest BCUT2D eigenvalue weighted by atomic mass is 9.95. The fourth-order valence-corrected chi connectivity index (χ4v) is 8.56. The Kier molecular flexibility index (Phi) is 25.8. The van der Waals surface area contributed by atoms with Gasteiger partial charge in [0.1, 0.15) is 25.4 Å². The van der Waals surface area contributed by atoms with Crippen molar-refractivity contribution in [3.05, 3.63) is 156 Å². The number of ether oxygens (including phenoxy) is 6. The zero-order valence-electron chi connectivity index (χ0n) is 43.5. The smallest absolute Gasteiger partial charge is 0.338 e. The highest BCUT2D eigenvalue weighted by Crippen LogP contribution is 2.27. The summed E-state index contributed by atoms with van der Waals surface area (Å²) in [6, 6.07) is 24.0. The number of hydrogen-bond acceptors (Lipinski definition) is 14. The molecule has 0 aliphatic heterocycles. The van der Waals surface area contributed by atoms with Gasteiger partial charge in [-0.3, -0.25) is 0 Å². The molecule has 0 bridgehead atoms. The van der Waals surface area contributed by atoms with Gasteiger partial charge in [-0.15, -0.1) is 13.2 Å². The van der Waals surface area contributed by atoms with E-state index in [2.05, 4.69) is 13.2 Å². The molecule has 402 valence electrons. The van der Waals surface area contributed by atoms with Crippen LogP contribution in [0.1, 0.15) is 152 Å². The quantitative estimate of drug-likeness (QED) is 0.0109. The molecule has 14 heteroatoms. The van der Waals surface area contributed by atoms with Crippen LogP contribution in [0, 0.1) is 0 Å². The first-order valence-corrected chi connectivity index (χ1v) is 26.4. The zero-order chi connectivity index (χ0) is 53.6. The molecule has 14 nitrogen and oxygen atoms in total. The molecule has 0 aromatic heterocycles. The van der Waals surface area contributed by atoms with Crippen LogP contribution in [0.4, 0.5) is 22.7 Å². The van der Waals surface area contributed by atoms with E-state index in [9.17, 15) is 19.2 Å².